The van der Waals surface area contributed by atoms with Crippen LogP contribution in [0.4, 0.5) is 0 Å². The van der Waals surface area contributed by atoms with E-state index < -0.39 is 0 Å². The van der Waals surface area contributed by atoms with E-state index >= 15 is 0 Å². The molecule has 1 aromatic carbocycles. The van der Waals surface area contributed by atoms with Crippen molar-refractivity contribution in [3.8, 4) is 5.69 Å². The Morgan fingerprint density at radius 1 is 1.41 bits per heavy atom. The predicted octanol–water partition coefficient (Wildman–Crippen LogP) is 0.838. The molecule has 0 aliphatic carbocycles. The Balaban J connectivity index is 2.51. The molecule has 17 heavy (non-hydrogen) atoms. The summed E-state index contributed by atoms with van der Waals surface area (Å²) < 4.78 is 1.77. The molecule has 1 heterocycles. The summed E-state index contributed by atoms with van der Waals surface area (Å²) in [5.41, 5.74) is 6.07. The van der Waals surface area contributed by atoms with Crippen molar-refractivity contribution in [3.05, 3.63) is 35.7 Å². The zero-order valence-electron chi connectivity index (χ0n) is 10.5. The van der Waals surface area contributed by atoms with Crippen LogP contribution in [-0.2, 0) is 5.54 Å². The molecule has 1 aromatic heterocycles. The minimum Gasteiger partial charge on any atom is -0.347 e. The van der Waals surface area contributed by atoms with Crippen molar-refractivity contribution in [2.24, 2.45) is 0 Å². The van der Waals surface area contributed by atoms with E-state index in [-0.39, 0.29) is 5.54 Å². The van der Waals surface area contributed by atoms with Gasteiger partial charge in [-0.25, -0.2) is 0 Å². The Bertz CT molecular complexity index is 515. The third-order valence-electron chi connectivity index (χ3n) is 3.04. The number of hydrogen-bond donors (Lipinski definition) is 1. The first kappa shape index (κ1) is 11.7. The van der Waals surface area contributed by atoms with E-state index in [1.54, 1.807) is 4.68 Å². The van der Waals surface area contributed by atoms with Crippen LogP contribution in [0.1, 0.15) is 31.7 Å². The average molecular weight is 232 g/mol. The van der Waals surface area contributed by atoms with Crippen molar-refractivity contribution >= 4 is 0 Å². The van der Waals surface area contributed by atoms with Crippen LogP contribution in [-0.4, -0.2) is 20.2 Å². The lowest BCUT2D eigenvalue weighted by Gasteiger charge is -2.17. The number of nitrogens with zero attached hydrogens (tertiary/aromatic N) is 4. The molecule has 3 N–H and O–H groups in total. The largest absolute Gasteiger partial charge is 0.347 e. The maximum absolute atomic E-state index is 4.18. The van der Waals surface area contributed by atoms with Gasteiger partial charge in [-0.15, -0.1) is 5.10 Å². The van der Waals surface area contributed by atoms with Gasteiger partial charge < -0.3 is 5.73 Å². The number of aryl methyl sites for hydroxylation is 1. The predicted molar refractivity (Wildman–Crippen MR) is 64.4 cm³/mol. The first-order chi connectivity index (χ1) is 8.04. The summed E-state index contributed by atoms with van der Waals surface area (Å²) in [5.74, 6) is 0.797. The van der Waals surface area contributed by atoms with Crippen LogP contribution in [0.15, 0.2) is 24.3 Å². The standard InChI is InChI=1S/C12H17N5/c1-4-12(3,13)11-14-15-16-17(11)10-7-5-6-9(2)8-10/h5-8H,4,13H2,1-3H3/p+1/t12-/m1/s1. The van der Waals surface area contributed by atoms with Crippen molar-refractivity contribution in [2.45, 2.75) is 32.7 Å². The van der Waals surface area contributed by atoms with Gasteiger partial charge in [0.1, 0.15) is 0 Å². The van der Waals surface area contributed by atoms with Gasteiger partial charge in [0, 0.05) is 6.42 Å². The van der Waals surface area contributed by atoms with Gasteiger partial charge in [0.05, 0.1) is 5.69 Å². The molecule has 5 heteroatoms. The van der Waals surface area contributed by atoms with Gasteiger partial charge in [-0.05, 0) is 42.0 Å². The molecule has 0 fully saturated rings. The van der Waals surface area contributed by atoms with Crippen molar-refractivity contribution in [3.63, 3.8) is 0 Å². The highest BCUT2D eigenvalue weighted by Crippen LogP contribution is 2.19. The van der Waals surface area contributed by atoms with Gasteiger partial charge in [0.25, 0.3) is 0 Å². The summed E-state index contributed by atoms with van der Waals surface area (Å²) >= 11 is 0. The van der Waals surface area contributed by atoms with Crippen molar-refractivity contribution in [1.29, 1.82) is 0 Å². The Hall–Kier alpha value is -1.75. The van der Waals surface area contributed by atoms with E-state index in [1.165, 1.54) is 5.56 Å². The minimum atomic E-state index is -0.271. The van der Waals surface area contributed by atoms with E-state index in [1.807, 2.05) is 19.1 Å². The smallest absolute Gasteiger partial charge is 0.216 e. The molecule has 0 saturated carbocycles. The maximum Gasteiger partial charge on any atom is 0.216 e. The Kier molecular flexibility index (Phi) is 2.93. The van der Waals surface area contributed by atoms with Crippen LogP contribution in [0.3, 0.4) is 0 Å². The van der Waals surface area contributed by atoms with E-state index in [9.17, 15) is 0 Å². The minimum absolute atomic E-state index is 0.271. The average Bonchev–Trinajstić information content (AvgIpc) is 2.78. The summed E-state index contributed by atoms with van der Waals surface area (Å²) in [6, 6.07) is 8.11. The van der Waals surface area contributed by atoms with E-state index in [4.69, 9.17) is 0 Å². The van der Waals surface area contributed by atoms with E-state index in [0.29, 0.717) is 0 Å². The summed E-state index contributed by atoms with van der Waals surface area (Å²) in [4.78, 5) is 0. The quantitative estimate of drug-likeness (QED) is 0.852. The van der Waals surface area contributed by atoms with Crippen molar-refractivity contribution < 1.29 is 5.73 Å². The lowest BCUT2D eigenvalue weighted by atomic mass is 9.99. The molecule has 0 amide bonds. The van der Waals surface area contributed by atoms with Crippen molar-refractivity contribution in [2.75, 3.05) is 0 Å². The fourth-order valence-corrected chi connectivity index (χ4v) is 1.66. The molecule has 0 aliphatic heterocycles. The molecule has 90 valence electrons. The van der Waals surface area contributed by atoms with Gasteiger partial charge in [0.15, 0.2) is 5.54 Å². The molecule has 0 unspecified atom stereocenters. The zero-order chi connectivity index (χ0) is 12.5. The monoisotopic (exact) mass is 232 g/mol. The number of rotatable bonds is 3. The van der Waals surface area contributed by atoms with Crippen molar-refractivity contribution in [1.82, 2.24) is 20.2 Å². The maximum atomic E-state index is 4.18. The van der Waals surface area contributed by atoms with Crippen LogP contribution in [0.25, 0.3) is 5.69 Å². The normalized spacial score (nSPS) is 14.6. The third kappa shape index (κ3) is 2.19. The van der Waals surface area contributed by atoms with E-state index in [0.717, 1.165) is 17.9 Å². The number of benzene rings is 1. The summed E-state index contributed by atoms with van der Waals surface area (Å²) in [6.45, 7) is 6.18. The van der Waals surface area contributed by atoms with Crippen LogP contribution < -0.4 is 5.73 Å². The molecule has 2 rings (SSSR count). The zero-order valence-corrected chi connectivity index (χ0v) is 10.5. The highest BCUT2D eigenvalue weighted by Gasteiger charge is 2.30. The highest BCUT2D eigenvalue weighted by atomic mass is 15.5. The topological polar surface area (TPSA) is 71.2 Å². The first-order valence-corrected chi connectivity index (χ1v) is 5.76. The Labute approximate surface area is 101 Å². The second kappa shape index (κ2) is 4.25. The summed E-state index contributed by atoms with van der Waals surface area (Å²) in [6.07, 6.45) is 0.888. The molecule has 1 atom stereocenters. The number of tetrazole rings is 1. The van der Waals surface area contributed by atoms with E-state index in [2.05, 4.69) is 47.2 Å². The summed E-state index contributed by atoms with van der Waals surface area (Å²) in [5, 5.41) is 11.9. The second-order valence-corrected chi connectivity index (χ2v) is 4.67. The van der Waals surface area contributed by atoms with Gasteiger partial charge in [-0.1, -0.05) is 19.1 Å². The molecule has 0 aliphatic rings. The molecule has 0 spiro atoms. The SMILES string of the molecule is CC[C@@](C)([NH3+])c1nnnn1-c1cccc(C)c1. The van der Waals surface area contributed by atoms with Gasteiger partial charge >= 0.3 is 0 Å². The number of quaternary nitrogens is 1. The molecular weight excluding hydrogens is 214 g/mol. The number of aromatic nitrogens is 4. The lowest BCUT2D eigenvalue weighted by molar-refractivity contribution is -0.485. The van der Waals surface area contributed by atoms with Gasteiger partial charge in [-0.2, -0.15) is 4.68 Å². The number of hydrogen-bond acceptors (Lipinski definition) is 3. The molecular formula is C12H18N5+. The molecule has 0 saturated heterocycles. The van der Waals surface area contributed by atoms with Crippen LogP contribution in [0.5, 0.6) is 0 Å². The Morgan fingerprint density at radius 3 is 2.82 bits per heavy atom. The fourth-order valence-electron chi connectivity index (χ4n) is 1.66. The van der Waals surface area contributed by atoms with Gasteiger partial charge in [-0.3, -0.25) is 0 Å². The Morgan fingerprint density at radius 2 is 2.18 bits per heavy atom. The van der Waals surface area contributed by atoms with Crippen LogP contribution in [0.2, 0.25) is 0 Å². The van der Waals surface area contributed by atoms with Gasteiger partial charge in [0.2, 0.25) is 5.82 Å². The molecule has 5 nitrogen and oxygen atoms in total. The first-order valence-electron chi connectivity index (χ1n) is 5.76. The second-order valence-electron chi connectivity index (χ2n) is 4.67. The van der Waals surface area contributed by atoms with Crippen LogP contribution in [0, 0.1) is 6.92 Å². The lowest BCUT2D eigenvalue weighted by Crippen LogP contribution is -2.68. The fraction of sp³-hybridized carbons (Fsp3) is 0.417. The summed E-state index contributed by atoms with van der Waals surface area (Å²) in [7, 11) is 0. The molecule has 0 radical (unpaired) electrons. The van der Waals surface area contributed by atoms with Crippen LogP contribution >= 0.6 is 0 Å². The third-order valence-corrected chi connectivity index (χ3v) is 3.04. The highest BCUT2D eigenvalue weighted by molar-refractivity contribution is 5.35. The molecule has 0 bridgehead atoms. The molecule has 2 aromatic rings.